The van der Waals surface area contributed by atoms with Crippen molar-refractivity contribution >= 4 is 21.7 Å². The zero-order valence-electron chi connectivity index (χ0n) is 10.6. The minimum Gasteiger partial charge on any atom is -0.299 e. The van der Waals surface area contributed by atoms with E-state index < -0.39 is 0 Å². The number of benzene rings is 1. The minimum atomic E-state index is -0.273. The molecule has 0 heterocycles. The summed E-state index contributed by atoms with van der Waals surface area (Å²) in [6.45, 7) is 2.19. The fourth-order valence-electron chi connectivity index (χ4n) is 2.74. The lowest BCUT2D eigenvalue weighted by Crippen LogP contribution is -2.14. The van der Waals surface area contributed by atoms with Gasteiger partial charge in [-0.3, -0.25) is 4.79 Å². The highest BCUT2D eigenvalue weighted by atomic mass is 79.9. The standard InChI is InChI=1S/C15H18BrFO/c1-2-10-3-4-12(7-10)15(18)8-11-5-6-13(17)9-14(11)16/h5-6,9-10,12H,2-4,7-8H2,1H3. The molecule has 1 aromatic rings. The Morgan fingerprint density at radius 1 is 1.44 bits per heavy atom. The van der Waals surface area contributed by atoms with Crippen LogP contribution >= 0.6 is 15.9 Å². The summed E-state index contributed by atoms with van der Waals surface area (Å²) in [5.74, 6) is 0.964. The molecule has 1 fully saturated rings. The first-order chi connectivity index (χ1) is 8.60. The number of ketones is 1. The van der Waals surface area contributed by atoms with Gasteiger partial charge in [-0.2, -0.15) is 0 Å². The van der Waals surface area contributed by atoms with Crippen LogP contribution < -0.4 is 0 Å². The summed E-state index contributed by atoms with van der Waals surface area (Å²) < 4.78 is 13.7. The molecule has 98 valence electrons. The van der Waals surface area contributed by atoms with Crippen LogP contribution in [-0.4, -0.2) is 5.78 Å². The molecular weight excluding hydrogens is 295 g/mol. The molecule has 0 amide bonds. The molecule has 1 aromatic carbocycles. The van der Waals surface area contributed by atoms with Gasteiger partial charge in [0.15, 0.2) is 0 Å². The average Bonchev–Trinajstić information content (AvgIpc) is 2.81. The summed E-state index contributed by atoms with van der Waals surface area (Å²) >= 11 is 3.32. The molecule has 0 bridgehead atoms. The Morgan fingerprint density at radius 2 is 2.22 bits per heavy atom. The van der Waals surface area contributed by atoms with Gasteiger partial charge in [0, 0.05) is 16.8 Å². The van der Waals surface area contributed by atoms with E-state index in [9.17, 15) is 9.18 Å². The molecule has 1 nitrogen and oxygen atoms in total. The van der Waals surface area contributed by atoms with Gasteiger partial charge in [-0.05, 0) is 42.9 Å². The van der Waals surface area contributed by atoms with Crippen molar-refractivity contribution in [2.75, 3.05) is 0 Å². The molecule has 1 aliphatic carbocycles. The summed E-state index contributed by atoms with van der Waals surface area (Å²) in [5.41, 5.74) is 0.890. The Balaban J connectivity index is 1.99. The molecule has 1 aliphatic rings. The maximum atomic E-state index is 13.0. The Kier molecular flexibility index (Phi) is 4.55. The molecular formula is C15H18BrFO. The van der Waals surface area contributed by atoms with E-state index in [0.29, 0.717) is 16.7 Å². The zero-order chi connectivity index (χ0) is 13.1. The first kappa shape index (κ1) is 13.7. The molecule has 3 heteroatoms. The van der Waals surface area contributed by atoms with Gasteiger partial charge in [-0.1, -0.05) is 35.3 Å². The number of rotatable bonds is 4. The van der Waals surface area contributed by atoms with Gasteiger partial charge in [0.1, 0.15) is 11.6 Å². The van der Waals surface area contributed by atoms with Crippen LogP contribution in [0.15, 0.2) is 22.7 Å². The topological polar surface area (TPSA) is 17.1 Å². The van der Waals surface area contributed by atoms with Gasteiger partial charge in [0.2, 0.25) is 0 Å². The summed E-state index contributed by atoms with van der Waals surface area (Å²) in [6, 6.07) is 4.53. The van der Waals surface area contributed by atoms with Gasteiger partial charge in [0.25, 0.3) is 0 Å². The van der Waals surface area contributed by atoms with Crippen molar-refractivity contribution in [3.05, 3.63) is 34.1 Å². The second-order valence-electron chi connectivity index (χ2n) is 5.16. The Morgan fingerprint density at radius 3 is 2.83 bits per heavy atom. The maximum absolute atomic E-state index is 13.0. The highest BCUT2D eigenvalue weighted by Gasteiger charge is 2.28. The second kappa shape index (κ2) is 5.96. The number of halogens is 2. The lowest BCUT2D eigenvalue weighted by Gasteiger charge is -2.10. The van der Waals surface area contributed by atoms with Crippen LogP contribution in [0, 0.1) is 17.7 Å². The third kappa shape index (κ3) is 3.19. The van der Waals surface area contributed by atoms with E-state index in [4.69, 9.17) is 0 Å². The normalized spacial score (nSPS) is 23.3. The lowest BCUT2D eigenvalue weighted by molar-refractivity contribution is -0.122. The molecule has 1 saturated carbocycles. The van der Waals surface area contributed by atoms with Gasteiger partial charge in [-0.15, -0.1) is 0 Å². The van der Waals surface area contributed by atoms with Crippen molar-refractivity contribution in [2.45, 2.75) is 39.0 Å². The zero-order valence-corrected chi connectivity index (χ0v) is 12.2. The summed E-state index contributed by atoms with van der Waals surface area (Å²) in [4.78, 5) is 12.2. The van der Waals surface area contributed by atoms with Crippen LogP contribution in [0.3, 0.4) is 0 Å². The predicted octanol–water partition coefficient (Wildman–Crippen LogP) is 4.53. The minimum absolute atomic E-state index is 0.215. The molecule has 0 N–H and O–H groups in total. The third-order valence-electron chi connectivity index (χ3n) is 3.95. The van der Waals surface area contributed by atoms with Gasteiger partial charge in [-0.25, -0.2) is 4.39 Å². The van der Waals surface area contributed by atoms with Crippen LogP contribution in [0.4, 0.5) is 4.39 Å². The molecule has 2 unspecified atom stereocenters. The van der Waals surface area contributed by atoms with Crippen LogP contribution in [0.25, 0.3) is 0 Å². The van der Waals surface area contributed by atoms with Crippen molar-refractivity contribution in [2.24, 2.45) is 11.8 Å². The first-order valence-corrected chi connectivity index (χ1v) is 7.36. The van der Waals surface area contributed by atoms with Crippen molar-refractivity contribution < 1.29 is 9.18 Å². The fourth-order valence-corrected chi connectivity index (χ4v) is 3.23. The Labute approximate surface area is 116 Å². The summed E-state index contributed by atoms with van der Waals surface area (Å²) in [7, 11) is 0. The summed E-state index contributed by atoms with van der Waals surface area (Å²) in [5, 5.41) is 0. The molecule has 0 spiro atoms. The Hall–Kier alpha value is -0.700. The monoisotopic (exact) mass is 312 g/mol. The number of carbonyl (C=O) groups excluding carboxylic acids is 1. The SMILES string of the molecule is CCC1CCC(C(=O)Cc2ccc(F)cc2Br)C1. The van der Waals surface area contributed by atoms with Crippen LogP contribution in [-0.2, 0) is 11.2 Å². The smallest absolute Gasteiger partial charge is 0.140 e. The molecule has 0 aromatic heterocycles. The van der Waals surface area contributed by atoms with E-state index >= 15 is 0 Å². The molecule has 2 atom stereocenters. The van der Waals surface area contributed by atoms with E-state index in [1.54, 1.807) is 6.07 Å². The van der Waals surface area contributed by atoms with Gasteiger partial charge >= 0.3 is 0 Å². The van der Waals surface area contributed by atoms with Crippen LogP contribution in [0.2, 0.25) is 0 Å². The highest BCUT2D eigenvalue weighted by molar-refractivity contribution is 9.10. The van der Waals surface area contributed by atoms with Crippen LogP contribution in [0.1, 0.15) is 38.2 Å². The number of hydrogen-bond donors (Lipinski definition) is 0. The third-order valence-corrected chi connectivity index (χ3v) is 4.69. The summed E-state index contributed by atoms with van der Waals surface area (Å²) in [6.07, 6.45) is 4.83. The quantitative estimate of drug-likeness (QED) is 0.798. The second-order valence-corrected chi connectivity index (χ2v) is 6.02. The van der Waals surface area contributed by atoms with E-state index in [1.165, 1.54) is 25.0 Å². The average molecular weight is 313 g/mol. The van der Waals surface area contributed by atoms with Gasteiger partial charge < -0.3 is 0 Å². The molecule has 0 saturated heterocycles. The van der Waals surface area contributed by atoms with E-state index in [2.05, 4.69) is 22.9 Å². The number of hydrogen-bond acceptors (Lipinski definition) is 1. The van der Waals surface area contributed by atoms with E-state index in [1.807, 2.05) is 0 Å². The van der Waals surface area contributed by atoms with Crippen molar-refractivity contribution in [1.82, 2.24) is 0 Å². The first-order valence-electron chi connectivity index (χ1n) is 6.56. The van der Waals surface area contributed by atoms with Crippen molar-refractivity contribution in [3.63, 3.8) is 0 Å². The van der Waals surface area contributed by atoms with Gasteiger partial charge in [0.05, 0.1) is 0 Å². The van der Waals surface area contributed by atoms with Crippen molar-refractivity contribution in [1.29, 1.82) is 0 Å². The van der Waals surface area contributed by atoms with E-state index in [0.717, 1.165) is 24.3 Å². The fraction of sp³-hybridized carbons (Fsp3) is 0.533. The van der Waals surface area contributed by atoms with E-state index in [-0.39, 0.29) is 11.7 Å². The highest BCUT2D eigenvalue weighted by Crippen LogP contribution is 2.34. The number of carbonyl (C=O) groups is 1. The molecule has 0 aliphatic heterocycles. The molecule has 2 rings (SSSR count). The van der Waals surface area contributed by atoms with Crippen LogP contribution in [0.5, 0.6) is 0 Å². The Bertz CT molecular complexity index is 444. The predicted molar refractivity (Wildman–Crippen MR) is 73.9 cm³/mol. The molecule has 18 heavy (non-hydrogen) atoms. The maximum Gasteiger partial charge on any atom is 0.140 e. The number of Topliss-reactive ketones (excluding diaryl/α,β-unsaturated/α-hetero) is 1. The lowest BCUT2D eigenvalue weighted by atomic mass is 9.95. The molecule has 0 radical (unpaired) electrons. The van der Waals surface area contributed by atoms with Crippen molar-refractivity contribution in [3.8, 4) is 0 Å². The largest absolute Gasteiger partial charge is 0.299 e.